The monoisotopic (exact) mass is 538 g/mol. The van der Waals surface area contributed by atoms with Gasteiger partial charge >= 0.3 is 0 Å². The largest absolute Gasteiger partial charge is 0.497 e. The molecule has 0 N–H and O–H groups in total. The fourth-order valence-electron chi connectivity index (χ4n) is 5.12. The van der Waals surface area contributed by atoms with Crippen LogP contribution in [-0.4, -0.2) is 62.2 Å². The van der Waals surface area contributed by atoms with Crippen LogP contribution < -0.4 is 4.74 Å². The van der Waals surface area contributed by atoms with Crippen molar-refractivity contribution in [1.29, 1.82) is 0 Å². The van der Waals surface area contributed by atoms with Crippen LogP contribution in [0.25, 0.3) is 11.1 Å². The molecule has 5 heteroatoms. The van der Waals surface area contributed by atoms with Crippen LogP contribution in [0.1, 0.15) is 54.6 Å². The average Bonchev–Trinajstić information content (AvgIpc) is 3.00. The first-order valence-electron chi connectivity index (χ1n) is 14.3. The minimum absolute atomic E-state index is 0.0799. The quantitative estimate of drug-likeness (QED) is 0.276. The fourth-order valence-corrected chi connectivity index (χ4v) is 5.12. The maximum Gasteiger partial charge on any atom is 0.254 e. The number of hydrogen-bond acceptors (Lipinski definition) is 4. The summed E-state index contributed by atoms with van der Waals surface area (Å²) in [4.78, 5) is 18.6. The van der Waals surface area contributed by atoms with Gasteiger partial charge in [0.05, 0.1) is 7.11 Å². The van der Waals surface area contributed by atoms with Crippen LogP contribution in [0, 0.1) is 17.8 Å². The molecule has 0 saturated carbocycles. The van der Waals surface area contributed by atoms with E-state index in [0.29, 0.717) is 24.6 Å². The van der Waals surface area contributed by atoms with E-state index in [1.54, 1.807) is 14.2 Å². The third-order valence-electron chi connectivity index (χ3n) is 7.59. The predicted octanol–water partition coefficient (Wildman–Crippen LogP) is 6.51. The van der Waals surface area contributed by atoms with Gasteiger partial charge in [0.25, 0.3) is 5.91 Å². The summed E-state index contributed by atoms with van der Waals surface area (Å²) < 4.78 is 10.3. The molecule has 5 nitrogen and oxygen atoms in total. The second kappa shape index (κ2) is 14.7. The molecule has 210 valence electrons. The number of hydrogen-bond donors (Lipinski definition) is 0. The van der Waals surface area contributed by atoms with Gasteiger partial charge in [-0.1, -0.05) is 62.1 Å². The van der Waals surface area contributed by atoms with Crippen molar-refractivity contribution < 1.29 is 14.3 Å². The molecule has 3 aromatic rings. The van der Waals surface area contributed by atoms with Crippen LogP contribution in [0.5, 0.6) is 5.75 Å². The summed E-state index contributed by atoms with van der Waals surface area (Å²) in [6.45, 7) is 8.74. The lowest BCUT2D eigenvalue weighted by Crippen LogP contribution is -2.47. The van der Waals surface area contributed by atoms with Gasteiger partial charge in [0.15, 0.2) is 0 Å². The zero-order valence-electron chi connectivity index (χ0n) is 24.4. The number of carbonyl (C=O) groups is 1. The van der Waals surface area contributed by atoms with Crippen LogP contribution in [0.3, 0.4) is 0 Å². The van der Waals surface area contributed by atoms with Crippen molar-refractivity contribution in [3.05, 3.63) is 89.5 Å². The molecule has 0 aliphatic carbocycles. The highest BCUT2D eigenvalue weighted by Gasteiger charge is 2.29. The first kappa shape index (κ1) is 29.4. The summed E-state index contributed by atoms with van der Waals surface area (Å²) in [7, 11) is 3.31. The van der Waals surface area contributed by atoms with Gasteiger partial charge in [-0.15, -0.1) is 0 Å². The number of rotatable bonds is 10. The first-order valence-corrected chi connectivity index (χ1v) is 14.3. The molecule has 1 aliphatic heterocycles. The van der Waals surface area contributed by atoms with Crippen molar-refractivity contribution in [3.8, 4) is 28.7 Å². The molecule has 1 saturated heterocycles. The molecule has 0 bridgehead atoms. The lowest BCUT2D eigenvalue weighted by Gasteiger charge is -2.39. The van der Waals surface area contributed by atoms with E-state index < -0.39 is 0 Å². The summed E-state index contributed by atoms with van der Waals surface area (Å²) >= 11 is 0. The van der Waals surface area contributed by atoms with Crippen LogP contribution in [-0.2, 0) is 11.3 Å². The van der Waals surface area contributed by atoms with Crippen molar-refractivity contribution in [1.82, 2.24) is 9.80 Å². The second-order valence-corrected chi connectivity index (χ2v) is 10.9. The lowest BCUT2D eigenvalue weighted by molar-refractivity contribution is 0.0546. The Kier molecular flexibility index (Phi) is 10.8. The van der Waals surface area contributed by atoms with E-state index in [1.807, 2.05) is 36.4 Å². The van der Waals surface area contributed by atoms with Crippen LogP contribution in [0.4, 0.5) is 0 Å². The first-order chi connectivity index (χ1) is 19.5. The van der Waals surface area contributed by atoms with Crippen molar-refractivity contribution in [2.75, 3.05) is 40.5 Å². The number of benzene rings is 3. The Bertz CT molecular complexity index is 1260. The Morgan fingerprint density at radius 3 is 2.12 bits per heavy atom. The summed E-state index contributed by atoms with van der Waals surface area (Å²) in [6, 6.07) is 24.5. The van der Waals surface area contributed by atoms with Gasteiger partial charge in [-0.05, 0) is 84.8 Å². The Labute approximate surface area is 240 Å². The SMILES string of the molecule is COCC#Cc1ccc(C(=O)N(Cc2ccc(-c3ccc(OC)cc3)cc2)C2CCN(CCC(C)C)CC2)cc1. The molecule has 0 radical (unpaired) electrons. The molecule has 0 spiro atoms. The molecule has 3 aromatic carbocycles. The lowest BCUT2D eigenvalue weighted by atomic mass is 9.99. The molecular formula is C35H42N2O3. The predicted molar refractivity (Wildman–Crippen MR) is 162 cm³/mol. The summed E-state index contributed by atoms with van der Waals surface area (Å²) in [5.74, 6) is 7.69. The summed E-state index contributed by atoms with van der Waals surface area (Å²) in [5, 5.41) is 0. The van der Waals surface area contributed by atoms with Gasteiger partial charge in [0.1, 0.15) is 12.4 Å². The number of nitrogens with zero attached hydrogens (tertiary/aromatic N) is 2. The van der Waals surface area contributed by atoms with Gasteiger partial charge in [-0.3, -0.25) is 4.79 Å². The third kappa shape index (κ3) is 8.21. The zero-order valence-corrected chi connectivity index (χ0v) is 24.4. The number of piperidine rings is 1. The van der Waals surface area contributed by atoms with E-state index in [2.05, 4.69) is 71.9 Å². The zero-order chi connectivity index (χ0) is 28.3. The molecular weight excluding hydrogens is 496 g/mol. The van der Waals surface area contributed by atoms with Gasteiger partial charge in [0, 0.05) is 43.9 Å². The van der Waals surface area contributed by atoms with Crippen molar-refractivity contribution in [3.63, 3.8) is 0 Å². The summed E-state index contributed by atoms with van der Waals surface area (Å²) in [6.07, 6.45) is 3.20. The maximum absolute atomic E-state index is 13.9. The third-order valence-corrected chi connectivity index (χ3v) is 7.59. The van der Waals surface area contributed by atoms with E-state index in [4.69, 9.17) is 9.47 Å². The average molecular weight is 539 g/mol. The molecule has 1 aliphatic rings. The Hall–Kier alpha value is -3.59. The highest BCUT2D eigenvalue weighted by atomic mass is 16.5. The van der Waals surface area contributed by atoms with Crippen LogP contribution >= 0.6 is 0 Å². The smallest absolute Gasteiger partial charge is 0.254 e. The molecule has 0 unspecified atom stereocenters. The molecule has 1 fully saturated rings. The number of ether oxygens (including phenoxy) is 2. The highest BCUT2D eigenvalue weighted by Crippen LogP contribution is 2.26. The number of likely N-dealkylation sites (tertiary alicyclic amines) is 1. The van der Waals surface area contributed by atoms with E-state index >= 15 is 0 Å². The van der Waals surface area contributed by atoms with Crippen molar-refractivity contribution >= 4 is 5.91 Å². The second-order valence-electron chi connectivity index (χ2n) is 10.9. The Balaban J connectivity index is 1.50. The van der Waals surface area contributed by atoms with E-state index in [1.165, 1.54) is 6.42 Å². The van der Waals surface area contributed by atoms with Crippen molar-refractivity contribution in [2.24, 2.45) is 5.92 Å². The van der Waals surface area contributed by atoms with Crippen molar-refractivity contribution in [2.45, 2.75) is 45.7 Å². The molecule has 0 aromatic heterocycles. The Morgan fingerprint density at radius 2 is 1.55 bits per heavy atom. The number of methoxy groups -OCH3 is 2. The van der Waals surface area contributed by atoms with E-state index in [9.17, 15) is 4.79 Å². The molecule has 1 heterocycles. The van der Waals surface area contributed by atoms with Gasteiger partial charge in [-0.2, -0.15) is 0 Å². The standard InChI is InChI=1S/C35H42N2O3/c1-27(2)19-22-36-23-20-33(21-24-36)37(35(38)32-13-7-28(8-14-32)6-5-25-39-3)26-29-9-11-30(12-10-29)31-15-17-34(40-4)18-16-31/h7-18,27,33H,19-26H2,1-4H3. The highest BCUT2D eigenvalue weighted by molar-refractivity contribution is 5.94. The van der Waals surface area contributed by atoms with E-state index in [0.717, 1.165) is 60.5 Å². The summed E-state index contributed by atoms with van der Waals surface area (Å²) in [5.41, 5.74) is 5.01. The van der Waals surface area contributed by atoms with Crippen LogP contribution in [0.2, 0.25) is 0 Å². The van der Waals surface area contributed by atoms with E-state index in [-0.39, 0.29) is 11.9 Å². The molecule has 0 atom stereocenters. The van der Waals surface area contributed by atoms with Gasteiger partial charge in [0.2, 0.25) is 0 Å². The minimum Gasteiger partial charge on any atom is -0.497 e. The number of amides is 1. The van der Waals surface area contributed by atoms with Crippen LogP contribution in [0.15, 0.2) is 72.8 Å². The Morgan fingerprint density at radius 1 is 0.925 bits per heavy atom. The van der Waals surface area contributed by atoms with Gasteiger partial charge in [-0.25, -0.2) is 0 Å². The fraction of sp³-hybridized carbons (Fsp3) is 0.400. The molecule has 4 rings (SSSR count). The molecule has 1 amide bonds. The topological polar surface area (TPSA) is 42.0 Å². The minimum atomic E-state index is 0.0799. The molecule has 40 heavy (non-hydrogen) atoms. The maximum atomic E-state index is 13.9. The normalized spacial score (nSPS) is 14.0. The number of carbonyl (C=O) groups excluding carboxylic acids is 1. The van der Waals surface area contributed by atoms with Gasteiger partial charge < -0.3 is 19.3 Å².